The van der Waals surface area contributed by atoms with Gasteiger partial charge in [-0.3, -0.25) is 0 Å². The second-order valence-corrected chi connectivity index (χ2v) is 2.57. The minimum atomic E-state index is -0.274. The van der Waals surface area contributed by atoms with Gasteiger partial charge in [0.1, 0.15) is 6.79 Å². The highest BCUT2D eigenvalue weighted by Crippen LogP contribution is 2.11. The van der Waals surface area contributed by atoms with Gasteiger partial charge < -0.3 is 15.6 Å². The SMILES string of the molecule is CC(C)(CCN)OCO. The second-order valence-electron chi connectivity index (χ2n) is 2.57. The Bertz CT molecular complexity index is 65.5. The molecule has 9 heavy (non-hydrogen) atoms. The lowest BCUT2D eigenvalue weighted by Gasteiger charge is -2.22. The summed E-state index contributed by atoms with van der Waals surface area (Å²) in [7, 11) is 0. The quantitative estimate of drug-likeness (QED) is 0.534. The van der Waals surface area contributed by atoms with Gasteiger partial charge in [-0.2, -0.15) is 0 Å². The molecule has 0 aromatic carbocycles. The van der Waals surface area contributed by atoms with Crippen molar-refractivity contribution < 1.29 is 9.84 Å². The molecule has 0 saturated carbocycles. The van der Waals surface area contributed by atoms with Gasteiger partial charge in [-0.05, 0) is 26.8 Å². The highest BCUT2D eigenvalue weighted by molar-refractivity contribution is 4.67. The van der Waals surface area contributed by atoms with E-state index in [2.05, 4.69) is 0 Å². The minimum absolute atomic E-state index is 0.229. The van der Waals surface area contributed by atoms with Crippen LogP contribution in [0.1, 0.15) is 20.3 Å². The van der Waals surface area contributed by atoms with Crippen LogP contribution in [0, 0.1) is 0 Å². The lowest BCUT2D eigenvalue weighted by atomic mass is 10.1. The van der Waals surface area contributed by atoms with Crippen LogP contribution in [-0.4, -0.2) is 24.0 Å². The van der Waals surface area contributed by atoms with Crippen molar-refractivity contribution in [3.05, 3.63) is 0 Å². The van der Waals surface area contributed by atoms with E-state index in [1.807, 2.05) is 13.8 Å². The van der Waals surface area contributed by atoms with Crippen molar-refractivity contribution in [1.29, 1.82) is 0 Å². The van der Waals surface area contributed by atoms with Gasteiger partial charge in [0.15, 0.2) is 0 Å². The van der Waals surface area contributed by atoms with E-state index >= 15 is 0 Å². The number of nitrogens with two attached hydrogens (primary N) is 1. The van der Waals surface area contributed by atoms with Crippen molar-refractivity contribution in [2.75, 3.05) is 13.3 Å². The summed E-state index contributed by atoms with van der Waals surface area (Å²) >= 11 is 0. The topological polar surface area (TPSA) is 55.5 Å². The van der Waals surface area contributed by atoms with Crippen molar-refractivity contribution in [3.63, 3.8) is 0 Å². The number of rotatable bonds is 4. The highest BCUT2D eigenvalue weighted by atomic mass is 16.6. The van der Waals surface area contributed by atoms with Gasteiger partial charge >= 0.3 is 0 Å². The summed E-state index contributed by atoms with van der Waals surface area (Å²) < 4.78 is 4.95. The molecule has 0 spiro atoms. The Morgan fingerprint density at radius 3 is 2.44 bits per heavy atom. The molecule has 0 saturated heterocycles. The molecule has 0 unspecified atom stereocenters. The van der Waals surface area contributed by atoms with Crippen molar-refractivity contribution >= 4 is 0 Å². The van der Waals surface area contributed by atoms with E-state index in [0.29, 0.717) is 6.54 Å². The summed E-state index contributed by atoms with van der Waals surface area (Å²) in [6, 6.07) is 0. The van der Waals surface area contributed by atoms with Crippen LogP contribution in [0.5, 0.6) is 0 Å². The van der Waals surface area contributed by atoms with Crippen LogP contribution in [0.25, 0.3) is 0 Å². The van der Waals surface area contributed by atoms with Crippen LogP contribution in [0.3, 0.4) is 0 Å². The molecule has 0 heterocycles. The minimum Gasteiger partial charge on any atom is -0.371 e. The Morgan fingerprint density at radius 2 is 2.11 bits per heavy atom. The van der Waals surface area contributed by atoms with E-state index in [-0.39, 0.29) is 12.4 Å². The highest BCUT2D eigenvalue weighted by Gasteiger charge is 2.15. The number of aliphatic hydroxyl groups excluding tert-OH is 1. The summed E-state index contributed by atoms with van der Waals surface area (Å²) in [5, 5.41) is 8.37. The smallest absolute Gasteiger partial charge is 0.144 e. The summed E-state index contributed by atoms with van der Waals surface area (Å²) in [6.45, 7) is 4.16. The molecule has 56 valence electrons. The molecular weight excluding hydrogens is 118 g/mol. The van der Waals surface area contributed by atoms with Gasteiger partial charge in [-0.25, -0.2) is 0 Å². The van der Waals surface area contributed by atoms with E-state index in [9.17, 15) is 0 Å². The second kappa shape index (κ2) is 3.82. The number of aliphatic hydroxyl groups is 1. The zero-order chi connectivity index (χ0) is 7.33. The summed E-state index contributed by atoms with van der Waals surface area (Å²) in [5.74, 6) is 0. The standard InChI is InChI=1S/C6H15NO2/c1-6(2,3-4-7)9-5-8/h8H,3-5,7H2,1-2H3. The summed E-state index contributed by atoms with van der Waals surface area (Å²) in [5.41, 5.74) is 5.01. The Balaban J connectivity index is 3.43. The van der Waals surface area contributed by atoms with Crippen LogP contribution in [0.2, 0.25) is 0 Å². The summed E-state index contributed by atoms with van der Waals surface area (Å²) in [6.07, 6.45) is 0.771. The van der Waals surface area contributed by atoms with E-state index in [0.717, 1.165) is 6.42 Å². The number of hydrogen-bond donors (Lipinski definition) is 2. The average molecular weight is 133 g/mol. The predicted octanol–water partition coefficient (Wildman–Crippen LogP) is 0.0802. The van der Waals surface area contributed by atoms with Gasteiger partial charge in [0, 0.05) is 0 Å². The fourth-order valence-electron chi connectivity index (χ4n) is 0.595. The largest absolute Gasteiger partial charge is 0.371 e. The number of ether oxygens (including phenoxy) is 1. The van der Waals surface area contributed by atoms with Gasteiger partial charge in [-0.1, -0.05) is 0 Å². The molecule has 0 fully saturated rings. The molecular formula is C6H15NO2. The van der Waals surface area contributed by atoms with Crippen LogP contribution >= 0.6 is 0 Å². The molecule has 0 aromatic rings. The van der Waals surface area contributed by atoms with Crippen LogP contribution in [-0.2, 0) is 4.74 Å². The molecule has 0 rings (SSSR count). The molecule has 0 bridgehead atoms. The Hall–Kier alpha value is -0.120. The fourth-order valence-corrected chi connectivity index (χ4v) is 0.595. The predicted molar refractivity (Wildman–Crippen MR) is 35.9 cm³/mol. The third kappa shape index (κ3) is 4.39. The maximum absolute atomic E-state index is 8.37. The molecule has 0 aliphatic rings. The third-order valence-corrected chi connectivity index (χ3v) is 1.20. The molecule has 0 aromatic heterocycles. The molecule has 3 nitrogen and oxygen atoms in total. The van der Waals surface area contributed by atoms with Gasteiger partial charge in [0.25, 0.3) is 0 Å². The van der Waals surface area contributed by atoms with Crippen molar-refractivity contribution in [1.82, 2.24) is 0 Å². The first-order chi connectivity index (χ1) is 4.12. The maximum Gasteiger partial charge on any atom is 0.144 e. The van der Waals surface area contributed by atoms with E-state index in [1.165, 1.54) is 0 Å². The maximum atomic E-state index is 8.37. The monoisotopic (exact) mass is 133 g/mol. The Labute approximate surface area is 55.8 Å². The first-order valence-electron chi connectivity index (χ1n) is 3.07. The van der Waals surface area contributed by atoms with E-state index < -0.39 is 0 Å². The van der Waals surface area contributed by atoms with Gasteiger partial charge in [0.05, 0.1) is 5.60 Å². The zero-order valence-corrected chi connectivity index (χ0v) is 6.05. The summed E-state index contributed by atoms with van der Waals surface area (Å²) in [4.78, 5) is 0. The molecule has 0 aliphatic carbocycles. The molecule has 3 heteroatoms. The number of hydrogen-bond acceptors (Lipinski definition) is 3. The molecule has 0 amide bonds. The average Bonchev–Trinajstić information content (AvgIpc) is 1.64. The van der Waals surface area contributed by atoms with Crippen LogP contribution < -0.4 is 5.73 Å². The molecule has 0 atom stereocenters. The van der Waals surface area contributed by atoms with Gasteiger partial charge in [-0.15, -0.1) is 0 Å². The Kier molecular flexibility index (Phi) is 3.77. The first kappa shape index (κ1) is 8.88. The normalized spacial score (nSPS) is 12.0. The lowest BCUT2D eigenvalue weighted by Crippen LogP contribution is -2.28. The van der Waals surface area contributed by atoms with Crippen molar-refractivity contribution in [3.8, 4) is 0 Å². The van der Waals surface area contributed by atoms with Gasteiger partial charge in [0.2, 0.25) is 0 Å². The fraction of sp³-hybridized carbons (Fsp3) is 1.00. The first-order valence-corrected chi connectivity index (χ1v) is 3.07. The molecule has 0 aliphatic heterocycles. The van der Waals surface area contributed by atoms with E-state index in [1.54, 1.807) is 0 Å². The Morgan fingerprint density at radius 1 is 1.56 bits per heavy atom. The van der Waals surface area contributed by atoms with Crippen molar-refractivity contribution in [2.24, 2.45) is 5.73 Å². The van der Waals surface area contributed by atoms with Crippen LogP contribution in [0.15, 0.2) is 0 Å². The van der Waals surface area contributed by atoms with Crippen LogP contribution in [0.4, 0.5) is 0 Å². The van der Waals surface area contributed by atoms with E-state index in [4.69, 9.17) is 15.6 Å². The zero-order valence-electron chi connectivity index (χ0n) is 6.05. The molecule has 0 radical (unpaired) electrons. The lowest BCUT2D eigenvalue weighted by molar-refractivity contribution is -0.0997. The third-order valence-electron chi connectivity index (χ3n) is 1.20. The van der Waals surface area contributed by atoms with Crippen molar-refractivity contribution in [2.45, 2.75) is 25.9 Å². The molecule has 3 N–H and O–H groups in total.